The Bertz CT molecular complexity index is 199. The third-order valence-electron chi connectivity index (χ3n) is 1.81. The maximum Gasteiger partial charge on any atom is 0.0270 e. The Labute approximate surface area is 75.2 Å². The Morgan fingerprint density at radius 1 is 1.58 bits per heavy atom. The number of hydrogen-bond acceptors (Lipinski definition) is 1. The topological polar surface area (TPSA) is 12.4 Å². The van der Waals surface area contributed by atoms with Crippen LogP contribution in [0, 0.1) is 5.92 Å². The molecule has 0 aliphatic rings. The number of aliphatic imine (C=N–C) groups is 1. The molecule has 0 fully saturated rings. The van der Waals surface area contributed by atoms with Gasteiger partial charge in [-0.3, -0.25) is 4.99 Å². The van der Waals surface area contributed by atoms with Crippen LogP contribution < -0.4 is 0 Å². The quantitative estimate of drug-likeness (QED) is 0.435. The van der Waals surface area contributed by atoms with Gasteiger partial charge in [0.2, 0.25) is 0 Å². The zero-order valence-corrected chi connectivity index (χ0v) is 7.96. The maximum absolute atomic E-state index is 3.96. The van der Waals surface area contributed by atoms with Gasteiger partial charge >= 0.3 is 0 Å². The predicted octanol–water partition coefficient (Wildman–Crippen LogP) is 3.36. The van der Waals surface area contributed by atoms with E-state index in [4.69, 9.17) is 0 Å². The summed E-state index contributed by atoms with van der Waals surface area (Å²) in [6, 6.07) is 0. The van der Waals surface area contributed by atoms with Gasteiger partial charge in [0.05, 0.1) is 0 Å². The number of nitrogens with zero attached hydrogens (tertiary/aromatic N) is 1. The molecule has 0 aromatic rings. The highest BCUT2D eigenvalue weighted by Gasteiger charge is 1.98. The van der Waals surface area contributed by atoms with E-state index < -0.39 is 0 Å². The van der Waals surface area contributed by atoms with Crippen LogP contribution in [0.4, 0.5) is 0 Å². The van der Waals surface area contributed by atoms with E-state index in [0.717, 1.165) is 12.0 Å². The molecular formula is C11H17N. The molecule has 0 aromatic heterocycles. The molecule has 0 rings (SSSR count). The van der Waals surface area contributed by atoms with E-state index >= 15 is 0 Å². The van der Waals surface area contributed by atoms with Crippen LogP contribution in [0.2, 0.25) is 0 Å². The minimum atomic E-state index is 0.542. The minimum Gasteiger partial charge on any atom is -0.265 e. The van der Waals surface area contributed by atoms with Gasteiger partial charge < -0.3 is 0 Å². The molecule has 0 spiro atoms. The van der Waals surface area contributed by atoms with Crippen LogP contribution in [0.3, 0.4) is 0 Å². The van der Waals surface area contributed by atoms with Gasteiger partial charge in [-0.1, -0.05) is 38.7 Å². The van der Waals surface area contributed by atoms with Crippen molar-refractivity contribution in [3.05, 3.63) is 37.1 Å². The molecule has 0 aliphatic heterocycles. The second kappa shape index (κ2) is 6.59. The number of allylic oxidation sites excluding steroid dienone is 3. The summed E-state index contributed by atoms with van der Waals surface area (Å²) in [5, 5.41) is 0. The Morgan fingerprint density at radius 2 is 2.25 bits per heavy atom. The van der Waals surface area contributed by atoms with E-state index in [1.54, 1.807) is 18.5 Å². The van der Waals surface area contributed by atoms with Gasteiger partial charge in [0.15, 0.2) is 0 Å². The molecule has 0 saturated heterocycles. The monoisotopic (exact) mass is 163 g/mol. The van der Waals surface area contributed by atoms with Crippen molar-refractivity contribution >= 4 is 6.21 Å². The summed E-state index contributed by atoms with van der Waals surface area (Å²) in [4.78, 5) is 3.96. The van der Waals surface area contributed by atoms with Crippen molar-refractivity contribution in [3.8, 4) is 0 Å². The van der Waals surface area contributed by atoms with Crippen molar-refractivity contribution in [1.29, 1.82) is 0 Å². The zero-order chi connectivity index (χ0) is 9.40. The van der Waals surface area contributed by atoms with Crippen LogP contribution in [-0.2, 0) is 0 Å². The Balaban J connectivity index is 3.90. The van der Waals surface area contributed by atoms with Crippen molar-refractivity contribution in [2.75, 3.05) is 0 Å². The van der Waals surface area contributed by atoms with Crippen molar-refractivity contribution < 1.29 is 0 Å². The van der Waals surface area contributed by atoms with Crippen molar-refractivity contribution in [2.45, 2.75) is 20.3 Å². The molecule has 66 valence electrons. The molecule has 0 amide bonds. The lowest BCUT2D eigenvalue weighted by Crippen LogP contribution is -1.92. The normalized spacial score (nSPS) is 13.8. The predicted molar refractivity (Wildman–Crippen MR) is 56.4 cm³/mol. The first kappa shape index (κ1) is 10.9. The van der Waals surface area contributed by atoms with E-state index in [1.807, 2.05) is 6.08 Å². The molecule has 0 bridgehead atoms. The fraction of sp³-hybridized carbons (Fsp3) is 0.364. The van der Waals surface area contributed by atoms with Gasteiger partial charge in [0.25, 0.3) is 0 Å². The second-order valence-corrected chi connectivity index (χ2v) is 2.73. The summed E-state index contributed by atoms with van der Waals surface area (Å²) in [5.41, 5.74) is 1.12. The molecule has 0 heterocycles. The zero-order valence-electron chi connectivity index (χ0n) is 7.96. The highest BCUT2D eigenvalue weighted by atomic mass is 14.6. The lowest BCUT2D eigenvalue weighted by molar-refractivity contribution is 0.672. The molecule has 0 saturated carbocycles. The van der Waals surface area contributed by atoms with Crippen molar-refractivity contribution in [2.24, 2.45) is 10.9 Å². The SMILES string of the molecule is C=CC=N/C=C\C(=C)C(C)CC. The van der Waals surface area contributed by atoms with E-state index in [9.17, 15) is 0 Å². The van der Waals surface area contributed by atoms with E-state index in [1.165, 1.54) is 0 Å². The minimum absolute atomic E-state index is 0.542. The Kier molecular flexibility index (Phi) is 5.98. The molecular weight excluding hydrogens is 146 g/mol. The average molecular weight is 163 g/mol. The fourth-order valence-electron chi connectivity index (χ4n) is 0.676. The lowest BCUT2D eigenvalue weighted by atomic mass is 10.0. The molecule has 1 nitrogen and oxygen atoms in total. The van der Waals surface area contributed by atoms with Gasteiger partial charge in [-0.05, 0) is 18.4 Å². The molecule has 12 heavy (non-hydrogen) atoms. The Hall–Kier alpha value is -1.11. The van der Waals surface area contributed by atoms with Crippen molar-refractivity contribution in [3.63, 3.8) is 0 Å². The standard InChI is InChI=1S/C11H17N/c1-5-8-12-9-7-11(4)10(3)6-2/h5,7-10H,1,4,6H2,2-3H3/b9-7-,12-8?. The van der Waals surface area contributed by atoms with Gasteiger partial charge in [-0.2, -0.15) is 0 Å². The number of hydrogen-bond donors (Lipinski definition) is 0. The Morgan fingerprint density at radius 3 is 2.75 bits per heavy atom. The number of rotatable bonds is 5. The molecule has 1 heteroatoms. The van der Waals surface area contributed by atoms with Crippen LogP contribution in [0.5, 0.6) is 0 Å². The van der Waals surface area contributed by atoms with Crippen LogP contribution in [-0.4, -0.2) is 6.21 Å². The summed E-state index contributed by atoms with van der Waals surface area (Å²) in [5.74, 6) is 0.542. The van der Waals surface area contributed by atoms with Gasteiger partial charge in [-0.25, -0.2) is 0 Å². The first-order valence-electron chi connectivity index (χ1n) is 4.21. The summed E-state index contributed by atoms with van der Waals surface area (Å²) in [7, 11) is 0. The largest absolute Gasteiger partial charge is 0.265 e. The average Bonchev–Trinajstić information content (AvgIpc) is 2.10. The molecule has 0 N–H and O–H groups in total. The highest BCUT2D eigenvalue weighted by molar-refractivity contribution is 5.70. The third kappa shape index (κ3) is 4.67. The highest BCUT2D eigenvalue weighted by Crippen LogP contribution is 2.12. The summed E-state index contributed by atoms with van der Waals surface area (Å²) < 4.78 is 0. The van der Waals surface area contributed by atoms with Crippen LogP contribution in [0.1, 0.15) is 20.3 Å². The van der Waals surface area contributed by atoms with Gasteiger partial charge in [0.1, 0.15) is 0 Å². The summed E-state index contributed by atoms with van der Waals surface area (Å²) in [6.07, 6.45) is 8.11. The van der Waals surface area contributed by atoms with Crippen LogP contribution >= 0.6 is 0 Å². The van der Waals surface area contributed by atoms with Crippen LogP contribution in [0.15, 0.2) is 42.1 Å². The fourth-order valence-corrected chi connectivity index (χ4v) is 0.676. The van der Waals surface area contributed by atoms with E-state index in [0.29, 0.717) is 5.92 Å². The van der Waals surface area contributed by atoms with Crippen LogP contribution in [0.25, 0.3) is 0 Å². The second-order valence-electron chi connectivity index (χ2n) is 2.73. The lowest BCUT2D eigenvalue weighted by Gasteiger charge is -2.06. The van der Waals surface area contributed by atoms with E-state index in [-0.39, 0.29) is 0 Å². The van der Waals surface area contributed by atoms with Gasteiger partial charge in [0, 0.05) is 12.4 Å². The van der Waals surface area contributed by atoms with Crippen molar-refractivity contribution in [1.82, 2.24) is 0 Å². The van der Waals surface area contributed by atoms with E-state index in [2.05, 4.69) is 32.0 Å². The maximum atomic E-state index is 3.96. The summed E-state index contributed by atoms with van der Waals surface area (Å²) >= 11 is 0. The molecule has 0 aliphatic carbocycles. The first-order chi connectivity index (χ1) is 5.72. The first-order valence-corrected chi connectivity index (χ1v) is 4.21. The summed E-state index contributed by atoms with van der Waals surface area (Å²) in [6.45, 7) is 11.8. The molecule has 0 aromatic carbocycles. The third-order valence-corrected chi connectivity index (χ3v) is 1.81. The molecule has 0 radical (unpaired) electrons. The smallest absolute Gasteiger partial charge is 0.0270 e. The molecule has 1 unspecified atom stereocenters. The van der Waals surface area contributed by atoms with Gasteiger partial charge in [-0.15, -0.1) is 0 Å². The molecule has 1 atom stereocenters.